The summed E-state index contributed by atoms with van der Waals surface area (Å²) < 4.78 is 0. The molecule has 3 rings (SSSR count). The third-order valence-electron chi connectivity index (χ3n) is 4.00. The molecule has 0 saturated heterocycles. The highest BCUT2D eigenvalue weighted by Crippen LogP contribution is 2.25. The summed E-state index contributed by atoms with van der Waals surface area (Å²) in [7, 11) is 0. The first kappa shape index (κ1) is 18.0. The smallest absolute Gasteiger partial charge is 0.180 e. The van der Waals surface area contributed by atoms with E-state index in [1.807, 2.05) is 38.6 Å². The van der Waals surface area contributed by atoms with Crippen molar-refractivity contribution in [3.8, 4) is 23.0 Å². The molecule has 0 spiro atoms. The lowest BCUT2D eigenvalue weighted by Crippen LogP contribution is -2.08. The van der Waals surface area contributed by atoms with E-state index in [2.05, 4.69) is 33.8 Å². The van der Waals surface area contributed by atoms with Gasteiger partial charge in [0.15, 0.2) is 11.6 Å². The first-order valence-electron chi connectivity index (χ1n) is 9.10. The van der Waals surface area contributed by atoms with Crippen molar-refractivity contribution in [2.24, 2.45) is 0 Å². The lowest BCUT2D eigenvalue weighted by Gasteiger charge is -2.13. The third-order valence-corrected chi connectivity index (χ3v) is 4.00. The predicted octanol–water partition coefficient (Wildman–Crippen LogP) is 3.91. The molecule has 6 nitrogen and oxygen atoms in total. The number of aryl methyl sites for hydroxylation is 4. The second kappa shape index (κ2) is 8.08. The van der Waals surface area contributed by atoms with E-state index in [9.17, 15) is 0 Å². The Morgan fingerprint density at radius 2 is 0.962 bits per heavy atom. The van der Waals surface area contributed by atoms with Crippen LogP contribution in [0.25, 0.3) is 23.0 Å². The molecule has 0 unspecified atom stereocenters. The van der Waals surface area contributed by atoms with Gasteiger partial charge < -0.3 is 0 Å². The molecule has 0 amide bonds. The van der Waals surface area contributed by atoms with Crippen molar-refractivity contribution in [3.05, 3.63) is 47.3 Å². The maximum absolute atomic E-state index is 4.91. The quantitative estimate of drug-likeness (QED) is 0.672. The van der Waals surface area contributed by atoms with Crippen molar-refractivity contribution in [3.63, 3.8) is 0 Å². The molecule has 3 heterocycles. The highest BCUT2D eigenvalue weighted by Gasteiger charge is 2.18. The minimum absolute atomic E-state index is 0.625. The summed E-state index contributed by atoms with van der Waals surface area (Å²) in [5.74, 6) is 1.25. The van der Waals surface area contributed by atoms with Gasteiger partial charge in [-0.3, -0.25) is 0 Å². The molecule has 3 aromatic rings. The summed E-state index contributed by atoms with van der Waals surface area (Å²) >= 11 is 0. The van der Waals surface area contributed by atoms with Crippen LogP contribution < -0.4 is 0 Å². The molecule has 0 atom stereocenters. The monoisotopic (exact) mass is 348 g/mol. The Labute approximate surface area is 154 Å². The lowest BCUT2D eigenvalue weighted by molar-refractivity contribution is 0.828. The average molecular weight is 348 g/mol. The Morgan fingerprint density at radius 1 is 0.615 bits per heavy atom. The average Bonchev–Trinajstić information content (AvgIpc) is 2.64. The molecule has 0 N–H and O–H groups in total. The van der Waals surface area contributed by atoms with Crippen LogP contribution in [0.2, 0.25) is 0 Å². The molecule has 0 fully saturated rings. The second-order valence-corrected chi connectivity index (χ2v) is 6.48. The van der Waals surface area contributed by atoms with Crippen LogP contribution >= 0.6 is 0 Å². The van der Waals surface area contributed by atoms with E-state index in [4.69, 9.17) is 9.97 Å². The zero-order chi connectivity index (χ0) is 18.5. The van der Waals surface area contributed by atoms with Gasteiger partial charge in [0.1, 0.15) is 11.4 Å². The fourth-order valence-electron chi connectivity index (χ4n) is 2.71. The van der Waals surface area contributed by atoms with Crippen molar-refractivity contribution >= 4 is 0 Å². The summed E-state index contributed by atoms with van der Waals surface area (Å²) in [6, 6.07) is 0. The van der Waals surface area contributed by atoms with Crippen molar-refractivity contribution in [1.82, 2.24) is 29.9 Å². The zero-order valence-electron chi connectivity index (χ0n) is 15.8. The van der Waals surface area contributed by atoms with Crippen molar-refractivity contribution < 1.29 is 0 Å². The minimum atomic E-state index is 0.625. The van der Waals surface area contributed by atoms with Gasteiger partial charge >= 0.3 is 0 Å². The van der Waals surface area contributed by atoms with Crippen molar-refractivity contribution in [2.45, 2.75) is 53.4 Å². The highest BCUT2D eigenvalue weighted by atomic mass is 15.0. The molecule has 0 aromatic carbocycles. The molecule has 0 bridgehead atoms. The van der Waals surface area contributed by atoms with Gasteiger partial charge in [0, 0.05) is 24.8 Å². The molecule has 6 heteroatoms. The van der Waals surface area contributed by atoms with E-state index in [-0.39, 0.29) is 0 Å². The van der Waals surface area contributed by atoms with Crippen molar-refractivity contribution in [2.75, 3.05) is 0 Å². The van der Waals surface area contributed by atoms with E-state index in [1.54, 1.807) is 0 Å². The summed E-state index contributed by atoms with van der Waals surface area (Å²) in [4.78, 5) is 27.7. The molecular formula is C20H24N6. The maximum atomic E-state index is 4.91. The molecule has 0 aliphatic carbocycles. The van der Waals surface area contributed by atoms with Crippen LogP contribution in [-0.4, -0.2) is 29.9 Å². The normalized spacial score (nSPS) is 10.9. The molecule has 0 aliphatic rings. The van der Waals surface area contributed by atoms with E-state index in [1.165, 1.54) is 0 Å². The van der Waals surface area contributed by atoms with Gasteiger partial charge in [-0.25, -0.2) is 29.9 Å². The van der Waals surface area contributed by atoms with Crippen LogP contribution in [0.1, 0.15) is 49.2 Å². The molecule has 0 aliphatic heterocycles. The first-order valence-corrected chi connectivity index (χ1v) is 9.10. The van der Waals surface area contributed by atoms with Gasteiger partial charge in [-0.2, -0.15) is 0 Å². The molecule has 0 saturated carbocycles. The van der Waals surface area contributed by atoms with E-state index < -0.39 is 0 Å². The predicted molar refractivity (Wildman–Crippen MR) is 102 cm³/mol. The SMILES string of the molecule is CCCc1nc(-c2ncc(C)cn2)c(CCC)nc1-c1ncc(C)cn1. The summed E-state index contributed by atoms with van der Waals surface area (Å²) in [6.07, 6.45) is 10.8. The summed E-state index contributed by atoms with van der Waals surface area (Å²) in [5.41, 5.74) is 5.39. The van der Waals surface area contributed by atoms with E-state index >= 15 is 0 Å². The van der Waals surface area contributed by atoms with Gasteiger partial charge in [-0.05, 0) is 37.8 Å². The van der Waals surface area contributed by atoms with Crippen LogP contribution in [0.5, 0.6) is 0 Å². The lowest BCUT2D eigenvalue weighted by atomic mass is 10.1. The fourth-order valence-corrected chi connectivity index (χ4v) is 2.71. The van der Waals surface area contributed by atoms with E-state index in [0.717, 1.165) is 59.6 Å². The van der Waals surface area contributed by atoms with E-state index in [0.29, 0.717) is 11.6 Å². The summed E-state index contributed by atoms with van der Waals surface area (Å²) in [5, 5.41) is 0. The Morgan fingerprint density at radius 3 is 1.27 bits per heavy atom. The Bertz CT molecular complexity index is 797. The van der Waals surface area contributed by atoms with Crippen molar-refractivity contribution in [1.29, 1.82) is 0 Å². The van der Waals surface area contributed by atoms with Gasteiger partial charge in [-0.1, -0.05) is 26.7 Å². The minimum Gasteiger partial charge on any atom is -0.245 e. The molecule has 0 radical (unpaired) electrons. The fraction of sp³-hybridized carbons (Fsp3) is 0.400. The molecule has 3 aromatic heterocycles. The Balaban J connectivity index is 2.17. The Hall–Kier alpha value is -2.76. The first-order chi connectivity index (χ1) is 12.6. The molecule has 26 heavy (non-hydrogen) atoms. The van der Waals surface area contributed by atoms with Gasteiger partial charge in [-0.15, -0.1) is 0 Å². The van der Waals surface area contributed by atoms with Gasteiger partial charge in [0.25, 0.3) is 0 Å². The molecular weight excluding hydrogens is 324 g/mol. The van der Waals surface area contributed by atoms with Crippen LogP contribution in [0.3, 0.4) is 0 Å². The number of aromatic nitrogens is 6. The van der Waals surface area contributed by atoms with Gasteiger partial charge in [0.05, 0.1) is 11.4 Å². The standard InChI is InChI=1S/C20H24N6/c1-5-7-15-17(19-21-9-13(3)10-22-19)26-16(8-6-2)18(25-15)20-23-11-14(4)12-24-20/h9-12H,5-8H2,1-4H3. The number of hydrogen-bond acceptors (Lipinski definition) is 6. The van der Waals surface area contributed by atoms with Crippen LogP contribution in [0, 0.1) is 13.8 Å². The number of hydrogen-bond donors (Lipinski definition) is 0. The number of nitrogens with zero attached hydrogens (tertiary/aromatic N) is 6. The topological polar surface area (TPSA) is 77.3 Å². The molecule has 134 valence electrons. The zero-order valence-corrected chi connectivity index (χ0v) is 15.8. The largest absolute Gasteiger partial charge is 0.245 e. The maximum Gasteiger partial charge on any atom is 0.180 e. The van der Waals surface area contributed by atoms with Crippen LogP contribution in [0.15, 0.2) is 24.8 Å². The second-order valence-electron chi connectivity index (χ2n) is 6.48. The third kappa shape index (κ3) is 3.90. The number of rotatable bonds is 6. The van der Waals surface area contributed by atoms with Crippen LogP contribution in [0.4, 0.5) is 0 Å². The highest BCUT2D eigenvalue weighted by molar-refractivity contribution is 5.60. The van der Waals surface area contributed by atoms with Crippen LogP contribution in [-0.2, 0) is 12.8 Å². The van der Waals surface area contributed by atoms with Gasteiger partial charge in [0.2, 0.25) is 0 Å². The Kier molecular flexibility index (Phi) is 5.61. The summed E-state index contributed by atoms with van der Waals surface area (Å²) in [6.45, 7) is 8.21.